The second-order valence-electron chi connectivity index (χ2n) is 5.34. The number of carbonyl (C=O) groups excluding carboxylic acids is 1. The highest BCUT2D eigenvalue weighted by Crippen LogP contribution is 2.05. The fraction of sp³-hybridized carbons (Fsp3) is 0.571. The summed E-state index contributed by atoms with van der Waals surface area (Å²) in [4.78, 5) is 13.4. The zero-order valence-corrected chi connectivity index (χ0v) is 11.8. The average Bonchev–Trinajstić information content (AvgIpc) is 2.83. The van der Waals surface area contributed by atoms with Gasteiger partial charge < -0.3 is 9.32 Å². The quantitative estimate of drug-likeness (QED) is 0.792. The summed E-state index contributed by atoms with van der Waals surface area (Å²) in [5, 5.41) is 4.21. The maximum atomic E-state index is 11.8. The summed E-state index contributed by atoms with van der Waals surface area (Å²) in [6.07, 6.45) is 1.90. The van der Waals surface area contributed by atoms with E-state index in [0.29, 0.717) is 11.8 Å². The molecule has 5 nitrogen and oxygen atoms in total. The summed E-state index contributed by atoms with van der Waals surface area (Å²) in [6, 6.07) is 4.09. The van der Waals surface area contributed by atoms with Gasteiger partial charge in [0.05, 0.1) is 19.1 Å². The summed E-state index contributed by atoms with van der Waals surface area (Å²) in [5.74, 6) is 0.762. The summed E-state index contributed by atoms with van der Waals surface area (Å²) in [6.45, 7) is 8.46. The molecule has 1 saturated heterocycles. The lowest BCUT2D eigenvalue weighted by Gasteiger charge is -2.27. The number of hydrogen-bond acceptors (Lipinski definition) is 3. The van der Waals surface area contributed by atoms with Crippen molar-refractivity contribution in [2.45, 2.75) is 39.7 Å². The molecule has 5 heteroatoms. The van der Waals surface area contributed by atoms with Gasteiger partial charge in [0.2, 0.25) is 0 Å². The minimum Gasteiger partial charge on any atom is -0.456 e. The van der Waals surface area contributed by atoms with Crippen molar-refractivity contribution >= 4 is 11.6 Å². The third kappa shape index (κ3) is 3.67. The number of rotatable bonds is 3. The van der Waals surface area contributed by atoms with Crippen molar-refractivity contribution < 1.29 is 14.1 Å². The van der Waals surface area contributed by atoms with Crippen molar-refractivity contribution in [2.24, 2.45) is 5.10 Å². The molecule has 2 rings (SSSR count). The van der Waals surface area contributed by atoms with E-state index in [9.17, 15) is 4.79 Å². The van der Waals surface area contributed by atoms with E-state index in [-0.39, 0.29) is 5.91 Å². The molecule has 0 aromatic carbocycles. The summed E-state index contributed by atoms with van der Waals surface area (Å²) >= 11 is 0. The highest BCUT2D eigenvalue weighted by Gasteiger charge is 2.20. The Morgan fingerprint density at radius 3 is 2.58 bits per heavy atom. The summed E-state index contributed by atoms with van der Waals surface area (Å²) in [7, 11) is 0. The number of piperidine rings is 1. The standard InChI is InChI=1S/C14H21N3O2/c1-10(2)17-8-6-12(7-9-17)15-16-14(18)13-5-4-11(3)19-13/h4-5,10H,6-9H2,1-3H3,(H,16,18)/p+1. The number of carbonyl (C=O) groups is 1. The topological polar surface area (TPSA) is 59.0 Å². The van der Waals surface area contributed by atoms with Crippen LogP contribution in [0.5, 0.6) is 0 Å². The smallest absolute Gasteiger partial charge is 0.307 e. The maximum absolute atomic E-state index is 11.8. The minimum absolute atomic E-state index is 0.278. The molecule has 2 heterocycles. The van der Waals surface area contributed by atoms with Crippen molar-refractivity contribution in [3.63, 3.8) is 0 Å². The normalized spacial score (nSPS) is 19.6. The molecule has 1 aromatic heterocycles. The first kappa shape index (κ1) is 13.8. The van der Waals surface area contributed by atoms with E-state index in [4.69, 9.17) is 4.42 Å². The molecule has 1 aliphatic heterocycles. The third-order valence-electron chi connectivity index (χ3n) is 3.57. The van der Waals surface area contributed by atoms with Gasteiger partial charge in [-0.25, -0.2) is 5.43 Å². The molecule has 1 fully saturated rings. The predicted molar refractivity (Wildman–Crippen MR) is 73.4 cm³/mol. The molecule has 0 spiro atoms. The highest BCUT2D eigenvalue weighted by atomic mass is 16.3. The molecule has 0 unspecified atom stereocenters. The van der Waals surface area contributed by atoms with Gasteiger partial charge in [-0.15, -0.1) is 0 Å². The van der Waals surface area contributed by atoms with Gasteiger partial charge >= 0.3 is 5.91 Å². The van der Waals surface area contributed by atoms with Crippen LogP contribution in [0.25, 0.3) is 0 Å². The molecular formula is C14H22N3O2+. The van der Waals surface area contributed by atoms with Gasteiger partial charge in [-0.3, -0.25) is 4.79 Å². The second kappa shape index (κ2) is 6.02. The van der Waals surface area contributed by atoms with Gasteiger partial charge in [-0.05, 0) is 32.9 Å². The van der Waals surface area contributed by atoms with Crippen molar-refractivity contribution in [1.29, 1.82) is 0 Å². The van der Waals surface area contributed by atoms with Crippen LogP contribution in [0.15, 0.2) is 21.7 Å². The van der Waals surface area contributed by atoms with E-state index in [2.05, 4.69) is 24.4 Å². The first-order valence-electron chi connectivity index (χ1n) is 6.83. The van der Waals surface area contributed by atoms with E-state index in [1.54, 1.807) is 17.0 Å². The number of hydrogen-bond donors (Lipinski definition) is 2. The van der Waals surface area contributed by atoms with Crippen molar-refractivity contribution in [3.05, 3.63) is 23.7 Å². The molecule has 1 amide bonds. The van der Waals surface area contributed by atoms with E-state index >= 15 is 0 Å². The fourth-order valence-electron chi connectivity index (χ4n) is 2.29. The van der Waals surface area contributed by atoms with Crippen molar-refractivity contribution in [2.75, 3.05) is 13.1 Å². The SMILES string of the molecule is Cc1ccc(C(=O)NN=C2CC[NH+](C(C)C)CC2)o1. The maximum Gasteiger partial charge on any atom is 0.307 e. The summed E-state index contributed by atoms with van der Waals surface area (Å²) in [5.41, 5.74) is 3.64. The number of likely N-dealkylation sites (tertiary alicyclic amines) is 1. The lowest BCUT2D eigenvalue weighted by Crippen LogP contribution is -3.16. The van der Waals surface area contributed by atoms with Gasteiger partial charge in [0.25, 0.3) is 0 Å². The summed E-state index contributed by atoms with van der Waals surface area (Å²) < 4.78 is 5.25. The number of quaternary nitrogens is 1. The number of nitrogens with zero attached hydrogens (tertiary/aromatic N) is 1. The molecule has 0 atom stereocenters. The van der Waals surface area contributed by atoms with Crippen molar-refractivity contribution in [1.82, 2.24) is 5.43 Å². The largest absolute Gasteiger partial charge is 0.456 e. The molecule has 0 bridgehead atoms. The molecular weight excluding hydrogens is 242 g/mol. The van der Waals surface area contributed by atoms with E-state index in [1.165, 1.54) is 0 Å². The number of hydrazone groups is 1. The number of aryl methyl sites for hydroxylation is 1. The molecule has 104 valence electrons. The van der Waals surface area contributed by atoms with Crippen LogP contribution in [0, 0.1) is 6.92 Å². The molecule has 0 saturated carbocycles. The number of amides is 1. The molecule has 1 aromatic rings. The van der Waals surface area contributed by atoms with Gasteiger partial charge in [0, 0.05) is 18.6 Å². The molecule has 19 heavy (non-hydrogen) atoms. The third-order valence-corrected chi connectivity index (χ3v) is 3.57. The Morgan fingerprint density at radius 2 is 2.05 bits per heavy atom. The number of nitrogens with one attached hydrogen (secondary N) is 2. The van der Waals surface area contributed by atoms with Crippen LogP contribution in [0.1, 0.15) is 43.0 Å². The van der Waals surface area contributed by atoms with Crippen LogP contribution in [-0.2, 0) is 0 Å². The van der Waals surface area contributed by atoms with Crippen LogP contribution in [0.2, 0.25) is 0 Å². The van der Waals surface area contributed by atoms with Gasteiger partial charge in [0.15, 0.2) is 5.76 Å². The monoisotopic (exact) mass is 264 g/mol. The Bertz CT molecular complexity index is 467. The van der Waals surface area contributed by atoms with Gasteiger partial charge in [0.1, 0.15) is 5.76 Å². The van der Waals surface area contributed by atoms with Crippen molar-refractivity contribution in [3.8, 4) is 0 Å². The number of furan rings is 1. The lowest BCUT2D eigenvalue weighted by molar-refractivity contribution is -0.922. The Balaban J connectivity index is 1.85. The Morgan fingerprint density at radius 1 is 1.37 bits per heavy atom. The average molecular weight is 264 g/mol. The van der Waals surface area contributed by atoms with Crippen LogP contribution in [0.4, 0.5) is 0 Å². The zero-order valence-electron chi connectivity index (χ0n) is 11.8. The highest BCUT2D eigenvalue weighted by molar-refractivity contribution is 5.93. The van der Waals surface area contributed by atoms with Gasteiger partial charge in [-0.2, -0.15) is 5.10 Å². The predicted octanol–water partition coefficient (Wildman–Crippen LogP) is 0.761. The van der Waals surface area contributed by atoms with Crippen LogP contribution in [0.3, 0.4) is 0 Å². The molecule has 0 radical (unpaired) electrons. The van der Waals surface area contributed by atoms with E-state index < -0.39 is 0 Å². The molecule has 0 aliphatic carbocycles. The Kier molecular flexibility index (Phi) is 4.37. The Hall–Kier alpha value is -1.62. The van der Waals surface area contributed by atoms with Crippen LogP contribution in [-0.4, -0.2) is 30.8 Å². The lowest BCUT2D eigenvalue weighted by atomic mass is 10.1. The van der Waals surface area contributed by atoms with Gasteiger partial charge in [-0.1, -0.05) is 0 Å². The fourth-order valence-corrected chi connectivity index (χ4v) is 2.29. The van der Waals surface area contributed by atoms with Crippen LogP contribution >= 0.6 is 0 Å². The first-order valence-corrected chi connectivity index (χ1v) is 6.83. The molecule has 2 N–H and O–H groups in total. The zero-order chi connectivity index (χ0) is 13.8. The first-order chi connectivity index (χ1) is 9.06. The molecule has 1 aliphatic rings. The van der Waals surface area contributed by atoms with E-state index in [1.807, 2.05) is 6.92 Å². The second-order valence-corrected chi connectivity index (χ2v) is 5.34. The van der Waals surface area contributed by atoms with Crippen LogP contribution < -0.4 is 10.3 Å². The minimum atomic E-state index is -0.278. The Labute approximate surface area is 113 Å². The van der Waals surface area contributed by atoms with E-state index in [0.717, 1.165) is 37.4 Å².